The van der Waals surface area contributed by atoms with Crippen LogP contribution in [0.25, 0.3) is 0 Å². The first-order chi connectivity index (χ1) is 12.2. The van der Waals surface area contributed by atoms with Crippen molar-refractivity contribution in [2.45, 2.75) is 45.2 Å². The number of piperidine rings is 2. The second-order valence-electron chi connectivity index (χ2n) is 8.47. The first-order valence-electron chi connectivity index (χ1n) is 9.94. The minimum absolute atomic E-state index is 0. The van der Waals surface area contributed by atoms with Crippen molar-refractivity contribution in [3.63, 3.8) is 0 Å². The molecule has 3 unspecified atom stereocenters. The molecule has 1 aromatic carbocycles. The van der Waals surface area contributed by atoms with Crippen LogP contribution < -0.4 is 10.6 Å². The smallest absolute Gasteiger partial charge is 0.223 e. The van der Waals surface area contributed by atoms with Crippen molar-refractivity contribution < 1.29 is 4.79 Å². The van der Waals surface area contributed by atoms with E-state index in [1.54, 1.807) is 0 Å². The van der Waals surface area contributed by atoms with Gasteiger partial charge in [-0.15, -0.1) is 24.8 Å². The van der Waals surface area contributed by atoms with Crippen molar-refractivity contribution in [3.05, 3.63) is 35.9 Å². The number of nitrogens with one attached hydrogen (secondary N) is 2. The number of nitrogens with zero attached hydrogens (tertiary/aromatic N) is 1. The number of carbonyl (C=O) groups excluding carboxylic acids is 1. The molecule has 4 nitrogen and oxygen atoms in total. The quantitative estimate of drug-likeness (QED) is 0.795. The number of carbonyl (C=O) groups is 1. The maximum absolute atomic E-state index is 12.7. The first-order valence-corrected chi connectivity index (χ1v) is 9.94. The van der Waals surface area contributed by atoms with E-state index < -0.39 is 0 Å². The van der Waals surface area contributed by atoms with Crippen LogP contribution in [-0.2, 0) is 11.3 Å². The van der Waals surface area contributed by atoms with E-state index in [1.807, 2.05) is 0 Å². The summed E-state index contributed by atoms with van der Waals surface area (Å²) < 4.78 is 0. The lowest BCUT2D eigenvalue weighted by atomic mass is 9.90. The van der Waals surface area contributed by atoms with Gasteiger partial charge >= 0.3 is 0 Å². The Morgan fingerprint density at radius 2 is 1.93 bits per heavy atom. The highest BCUT2D eigenvalue weighted by Gasteiger charge is 2.57. The van der Waals surface area contributed by atoms with Crippen LogP contribution in [0.1, 0.15) is 38.2 Å². The van der Waals surface area contributed by atoms with Crippen LogP contribution in [0, 0.1) is 17.3 Å². The molecule has 1 amide bonds. The van der Waals surface area contributed by atoms with Crippen LogP contribution >= 0.6 is 24.8 Å². The lowest BCUT2D eigenvalue weighted by Gasteiger charge is -2.37. The molecule has 2 saturated heterocycles. The van der Waals surface area contributed by atoms with Gasteiger partial charge in [-0.1, -0.05) is 37.3 Å². The molecule has 4 rings (SSSR count). The molecule has 2 N–H and O–H groups in total. The van der Waals surface area contributed by atoms with E-state index in [-0.39, 0.29) is 30.7 Å². The number of halogens is 2. The summed E-state index contributed by atoms with van der Waals surface area (Å²) in [5, 5.41) is 6.82. The van der Waals surface area contributed by atoms with Crippen LogP contribution in [0.4, 0.5) is 0 Å². The Labute approximate surface area is 175 Å². The van der Waals surface area contributed by atoms with Gasteiger partial charge in [0, 0.05) is 31.6 Å². The Balaban J connectivity index is 0.00000131. The van der Waals surface area contributed by atoms with E-state index in [0.29, 0.717) is 23.3 Å². The lowest BCUT2D eigenvalue weighted by Crippen LogP contribution is -2.50. The van der Waals surface area contributed by atoms with Gasteiger partial charge in [0.2, 0.25) is 5.91 Å². The van der Waals surface area contributed by atoms with E-state index in [4.69, 9.17) is 0 Å². The number of likely N-dealkylation sites (tertiary alicyclic amines) is 1. The molecule has 0 aromatic heterocycles. The Hall–Kier alpha value is -0.810. The maximum atomic E-state index is 12.7. The van der Waals surface area contributed by atoms with Crippen LogP contribution in [0.15, 0.2) is 30.3 Å². The average molecular weight is 414 g/mol. The van der Waals surface area contributed by atoms with Gasteiger partial charge in [0.1, 0.15) is 0 Å². The monoisotopic (exact) mass is 413 g/mol. The second kappa shape index (κ2) is 9.60. The van der Waals surface area contributed by atoms with Crippen molar-refractivity contribution in [3.8, 4) is 0 Å². The van der Waals surface area contributed by atoms with E-state index in [1.165, 1.54) is 18.4 Å². The number of hydrogen-bond acceptors (Lipinski definition) is 3. The molecule has 0 bridgehead atoms. The highest BCUT2D eigenvalue weighted by Crippen LogP contribution is 2.58. The van der Waals surface area contributed by atoms with Gasteiger partial charge in [-0.05, 0) is 55.7 Å². The minimum Gasteiger partial charge on any atom is -0.353 e. The second-order valence-corrected chi connectivity index (χ2v) is 8.47. The molecule has 152 valence electrons. The fourth-order valence-corrected chi connectivity index (χ4v) is 4.91. The predicted molar refractivity (Wildman–Crippen MR) is 115 cm³/mol. The fourth-order valence-electron chi connectivity index (χ4n) is 4.91. The standard InChI is InChI=1S/C21H31N3O.2ClH/c1-16-14-24(15-17-5-3-2-4-6-17)12-7-19(16)23-20(25)18-13-21(18)8-10-22-11-9-21;;/h2-6,16,18-19,22H,7-15H2,1H3,(H,23,25);2*1H. The molecule has 0 radical (unpaired) electrons. The Kier molecular flexibility index (Phi) is 7.99. The molecule has 6 heteroatoms. The SMILES string of the molecule is CC1CN(Cc2ccccc2)CCC1NC(=O)C1CC12CCNCC2.Cl.Cl. The molecular weight excluding hydrogens is 381 g/mol. The zero-order valence-electron chi connectivity index (χ0n) is 16.2. The molecule has 1 aliphatic carbocycles. The Morgan fingerprint density at radius 3 is 2.59 bits per heavy atom. The van der Waals surface area contributed by atoms with Gasteiger partial charge in [-0.25, -0.2) is 0 Å². The van der Waals surface area contributed by atoms with Gasteiger partial charge in [0.25, 0.3) is 0 Å². The molecule has 1 spiro atoms. The third kappa shape index (κ3) is 5.17. The topological polar surface area (TPSA) is 44.4 Å². The third-order valence-corrected chi connectivity index (χ3v) is 6.67. The minimum atomic E-state index is 0. The van der Waals surface area contributed by atoms with E-state index >= 15 is 0 Å². The third-order valence-electron chi connectivity index (χ3n) is 6.67. The van der Waals surface area contributed by atoms with Crippen molar-refractivity contribution in [1.82, 2.24) is 15.5 Å². The average Bonchev–Trinajstić information content (AvgIpc) is 3.32. The summed E-state index contributed by atoms with van der Waals surface area (Å²) in [7, 11) is 0. The van der Waals surface area contributed by atoms with E-state index in [2.05, 4.69) is 52.8 Å². The summed E-state index contributed by atoms with van der Waals surface area (Å²) in [6.07, 6.45) is 4.54. The van der Waals surface area contributed by atoms with Crippen LogP contribution in [0.2, 0.25) is 0 Å². The summed E-state index contributed by atoms with van der Waals surface area (Å²) in [5.41, 5.74) is 1.72. The molecule has 2 heterocycles. The summed E-state index contributed by atoms with van der Waals surface area (Å²) in [5.74, 6) is 1.13. The molecule has 27 heavy (non-hydrogen) atoms. The highest BCUT2D eigenvalue weighted by molar-refractivity contribution is 5.85. The van der Waals surface area contributed by atoms with Crippen molar-refractivity contribution >= 4 is 30.7 Å². The molecule has 2 aliphatic heterocycles. The largest absolute Gasteiger partial charge is 0.353 e. The normalized spacial score (nSPS) is 29.3. The Bertz CT molecular complexity index is 607. The van der Waals surface area contributed by atoms with Gasteiger partial charge in [-0.2, -0.15) is 0 Å². The molecular formula is C21H33Cl2N3O. The van der Waals surface area contributed by atoms with Crippen LogP contribution in [-0.4, -0.2) is 43.0 Å². The van der Waals surface area contributed by atoms with Crippen molar-refractivity contribution in [2.75, 3.05) is 26.2 Å². The number of amides is 1. The van der Waals surface area contributed by atoms with Gasteiger partial charge in [0.15, 0.2) is 0 Å². The van der Waals surface area contributed by atoms with Crippen molar-refractivity contribution in [2.24, 2.45) is 17.3 Å². The molecule has 1 saturated carbocycles. The first kappa shape index (κ1) is 22.5. The molecule has 3 aliphatic rings. The molecule has 3 fully saturated rings. The fraction of sp³-hybridized carbons (Fsp3) is 0.667. The lowest BCUT2D eigenvalue weighted by molar-refractivity contribution is -0.124. The number of benzene rings is 1. The van der Waals surface area contributed by atoms with E-state index in [9.17, 15) is 4.79 Å². The molecule has 1 aromatic rings. The van der Waals surface area contributed by atoms with Gasteiger partial charge in [0.05, 0.1) is 0 Å². The van der Waals surface area contributed by atoms with Gasteiger partial charge < -0.3 is 10.6 Å². The van der Waals surface area contributed by atoms with Crippen LogP contribution in [0.3, 0.4) is 0 Å². The predicted octanol–water partition coefficient (Wildman–Crippen LogP) is 3.25. The van der Waals surface area contributed by atoms with Gasteiger partial charge in [-0.3, -0.25) is 9.69 Å². The van der Waals surface area contributed by atoms with E-state index in [0.717, 1.165) is 45.6 Å². The summed E-state index contributed by atoms with van der Waals surface area (Å²) in [6.45, 7) is 7.61. The zero-order chi connectivity index (χ0) is 17.3. The summed E-state index contributed by atoms with van der Waals surface area (Å²) >= 11 is 0. The number of rotatable bonds is 4. The number of hydrogen-bond donors (Lipinski definition) is 2. The summed E-state index contributed by atoms with van der Waals surface area (Å²) in [4.78, 5) is 15.2. The maximum Gasteiger partial charge on any atom is 0.223 e. The summed E-state index contributed by atoms with van der Waals surface area (Å²) in [6, 6.07) is 11.0. The Morgan fingerprint density at radius 1 is 1.22 bits per heavy atom. The molecule has 3 atom stereocenters. The highest BCUT2D eigenvalue weighted by atomic mass is 35.5. The van der Waals surface area contributed by atoms with Crippen LogP contribution in [0.5, 0.6) is 0 Å². The zero-order valence-corrected chi connectivity index (χ0v) is 17.8. The van der Waals surface area contributed by atoms with Crippen molar-refractivity contribution in [1.29, 1.82) is 0 Å².